The fraction of sp³-hybridized carbons (Fsp3) is 0.618. The maximum atomic E-state index is 13.9. The van der Waals surface area contributed by atoms with Crippen LogP contribution in [0.3, 0.4) is 0 Å². The molecule has 6 heterocycles. The van der Waals surface area contributed by atoms with Gasteiger partial charge in [-0.25, -0.2) is 14.4 Å². The molecule has 0 radical (unpaired) electrons. The Morgan fingerprint density at radius 1 is 0.650 bits per heavy atom. The number of nitrogens with zero attached hydrogens (tertiary/aromatic N) is 3. The molecule has 330 valence electrons. The number of hydrogen-bond acceptors (Lipinski definition) is 18. The van der Waals surface area contributed by atoms with E-state index < -0.39 is 130 Å². The maximum Gasteiger partial charge on any atom is 0.330 e. The molecular formula is C34H46N6O18P2. The summed E-state index contributed by atoms with van der Waals surface area (Å²) in [4.78, 5) is 92.3. The fourth-order valence-electron chi connectivity index (χ4n) is 7.01. The van der Waals surface area contributed by atoms with E-state index in [1.807, 2.05) is 0 Å². The minimum atomic E-state index is -4.11. The first-order valence-corrected chi connectivity index (χ1v) is 22.6. The van der Waals surface area contributed by atoms with Gasteiger partial charge in [0.05, 0.1) is 32.0 Å². The zero-order valence-electron chi connectivity index (χ0n) is 33.3. The van der Waals surface area contributed by atoms with Crippen molar-refractivity contribution in [2.45, 2.75) is 102 Å². The molecule has 0 amide bonds. The number of carbonyl (C=O) groups excluding carboxylic acids is 1. The van der Waals surface area contributed by atoms with Gasteiger partial charge in [0.25, 0.3) is 16.7 Å². The monoisotopic (exact) mass is 888 g/mol. The Balaban J connectivity index is 1.16. The quantitative estimate of drug-likeness (QED) is 0.113. The second kappa shape index (κ2) is 17.9. The van der Waals surface area contributed by atoms with Crippen molar-refractivity contribution in [2.24, 2.45) is 0 Å². The van der Waals surface area contributed by atoms with Crippen LogP contribution in [0.1, 0.15) is 61.6 Å². The van der Waals surface area contributed by atoms with Gasteiger partial charge in [-0.05, 0) is 20.8 Å². The van der Waals surface area contributed by atoms with Gasteiger partial charge in [-0.1, -0.05) is 0 Å². The summed E-state index contributed by atoms with van der Waals surface area (Å²) in [6.45, 7) is 6.34. The van der Waals surface area contributed by atoms with Crippen molar-refractivity contribution in [2.75, 3.05) is 33.2 Å². The van der Waals surface area contributed by atoms with E-state index in [9.17, 15) is 47.8 Å². The molecule has 0 aliphatic carbocycles. The number of ether oxygens (including phenoxy) is 4. The Morgan fingerprint density at radius 3 is 1.35 bits per heavy atom. The fourth-order valence-corrected chi connectivity index (χ4v) is 9.39. The predicted octanol–water partition coefficient (Wildman–Crippen LogP) is -0.202. The summed E-state index contributed by atoms with van der Waals surface area (Å²) in [5.41, 5.74) is -3.52. The first kappa shape index (κ1) is 45.2. The highest BCUT2D eigenvalue weighted by atomic mass is 31.2. The number of hydrogen-bond donors (Lipinski definition) is 4. The highest BCUT2D eigenvalue weighted by Gasteiger charge is 2.45. The molecule has 11 atom stereocenters. The van der Waals surface area contributed by atoms with Crippen molar-refractivity contribution in [3.05, 3.63) is 97.8 Å². The molecule has 0 saturated carbocycles. The molecule has 0 aromatic carbocycles. The number of aliphatic hydroxyl groups is 1. The van der Waals surface area contributed by atoms with E-state index in [1.54, 1.807) is 0 Å². The number of aromatic amines is 3. The number of aryl methyl sites for hydroxylation is 3. The molecule has 0 bridgehead atoms. The van der Waals surface area contributed by atoms with E-state index in [0.29, 0.717) is 0 Å². The van der Waals surface area contributed by atoms with E-state index in [0.717, 1.165) is 27.0 Å². The van der Waals surface area contributed by atoms with Crippen LogP contribution < -0.4 is 33.7 Å². The molecule has 3 saturated heterocycles. The topological polar surface area (TPSA) is 310 Å². The third-order valence-corrected chi connectivity index (χ3v) is 12.6. The molecule has 0 unspecified atom stereocenters. The van der Waals surface area contributed by atoms with E-state index >= 15 is 0 Å². The van der Waals surface area contributed by atoms with Gasteiger partial charge in [0.15, 0.2) is 0 Å². The lowest BCUT2D eigenvalue weighted by Crippen LogP contribution is -2.33. The van der Waals surface area contributed by atoms with Crippen LogP contribution in [-0.2, 0) is 51.0 Å². The van der Waals surface area contributed by atoms with Gasteiger partial charge in [-0.2, -0.15) is 0 Å². The van der Waals surface area contributed by atoms with Crippen molar-refractivity contribution < 1.29 is 56.1 Å². The molecule has 0 spiro atoms. The minimum Gasteiger partial charge on any atom is -0.460 e. The summed E-state index contributed by atoms with van der Waals surface area (Å²) in [7, 11) is -8.18. The van der Waals surface area contributed by atoms with Crippen LogP contribution in [0.15, 0.2) is 47.4 Å². The molecule has 4 N–H and O–H groups in total. The van der Waals surface area contributed by atoms with Gasteiger partial charge in [0.2, 0.25) is 0 Å². The van der Waals surface area contributed by atoms with Gasteiger partial charge < -0.3 is 42.1 Å². The van der Waals surface area contributed by atoms with Crippen LogP contribution in [-0.4, -0.2) is 110 Å². The Labute approximate surface area is 338 Å². The van der Waals surface area contributed by atoms with Crippen LogP contribution in [0, 0.1) is 20.8 Å². The van der Waals surface area contributed by atoms with Crippen LogP contribution in [0.5, 0.6) is 0 Å². The van der Waals surface area contributed by atoms with E-state index in [2.05, 4.69) is 15.0 Å². The Morgan fingerprint density at radius 2 is 0.983 bits per heavy atom. The zero-order chi connectivity index (χ0) is 43.8. The Hall–Kier alpha value is -4.35. The maximum absolute atomic E-state index is 13.9. The summed E-state index contributed by atoms with van der Waals surface area (Å²) in [5.74, 6) is -0.663. The summed E-state index contributed by atoms with van der Waals surface area (Å²) in [6, 6.07) is 0. The lowest BCUT2D eigenvalue weighted by Gasteiger charge is -2.26. The van der Waals surface area contributed by atoms with Crippen LogP contribution >= 0.6 is 15.2 Å². The van der Waals surface area contributed by atoms with Gasteiger partial charge in [0, 0.05) is 74.8 Å². The molecule has 3 fully saturated rings. The highest BCUT2D eigenvalue weighted by Crippen LogP contribution is 2.52. The molecular weight excluding hydrogens is 842 g/mol. The number of aromatic nitrogens is 6. The first-order valence-electron chi connectivity index (χ1n) is 18.6. The Kier molecular flexibility index (Phi) is 13.5. The summed E-state index contributed by atoms with van der Waals surface area (Å²) >= 11 is 0. The van der Waals surface area contributed by atoms with E-state index in [1.165, 1.54) is 46.3 Å². The second-order valence-corrected chi connectivity index (χ2v) is 18.8. The largest absolute Gasteiger partial charge is 0.460 e. The zero-order valence-corrected chi connectivity index (χ0v) is 35.1. The van der Waals surface area contributed by atoms with E-state index in [-0.39, 0.29) is 36.0 Å². The van der Waals surface area contributed by atoms with Crippen molar-refractivity contribution in [1.29, 1.82) is 0 Å². The van der Waals surface area contributed by atoms with Crippen molar-refractivity contribution in [3.63, 3.8) is 0 Å². The standard InChI is InChI=1S/C34H46N6O18P2/c1-16-10-38(32(46)35-29(16)43)26-7-20(53-19(4)42)24(55-26)14-51-60(6,50)58-22-9-28(40-12-18(3)31(45)37-34(40)48)56-25(22)15-52-59(5,49)57-21-8-27(54-23(21)13-41)39-11-17(2)30(44)36-33(39)47/h10-12,20-28,41H,7-9,13-15H2,1-6H3,(H,35,43,46)(H,36,44,47)(H,37,45,48)/t20-,21-,22-,23+,24+,25+,26+,27+,28+,59-,60-/m0/s1. The Bertz CT molecular complexity index is 2560. The molecule has 26 heteroatoms. The normalized spacial score (nSPS) is 28.7. The predicted molar refractivity (Wildman–Crippen MR) is 205 cm³/mol. The summed E-state index contributed by atoms with van der Waals surface area (Å²) in [6.07, 6.45) is -5.97. The molecule has 24 nitrogen and oxygen atoms in total. The molecule has 3 aromatic rings. The third-order valence-electron chi connectivity index (χ3n) is 10.0. The average Bonchev–Trinajstić information content (AvgIpc) is 3.87. The SMILES string of the molecule is CC(=O)O[C@H]1C[C@H](n2cc(C)c(=O)[nH]c2=O)O[C@@H]1CO[P@](C)(=O)O[C@H]1C[C@H](n2cc(C)c(=O)[nH]c2=O)O[C@@H]1CO[P@](C)(=O)O[C@H]1C[C@H](n2cc(C)c(=O)[nH]c2=O)O[C@@H]1CO. The molecule has 3 aliphatic rings. The van der Waals surface area contributed by atoms with E-state index in [4.69, 9.17) is 37.0 Å². The van der Waals surface area contributed by atoms with Crippen molar-refractivity contribution in [1.82, 2.24) is 28.7 Å². The number of rotatable bonds is 15. The van der Waals surface area contributed by atoms with Crippen molar-refractivity contribution >= 4 is 21.2 Å². The lowest BCUT2D eigenvalue weighted by atomic mass is 10.2. The average molecular weight is 889 g/mol. The van der Waals surface area contributed by atoms with Gasteiger partial charge in [-0.3, -0.25) is 57.0 Å². The summed E-state index contributed by atoms with van der Waals surface area (Å²) in [5, 5.41) is 10.0. The third kappa shape index (κ3) is 10.4. The van der Waals surface area contributed by atoms with Gasteiger partial charge in [0.1, 0.15) is 43.1 Å². The lowest BCUT2D eigenvalue weighted by molar-refractivity contribution is -0.150. The summed E-state index contributed by atoms with van der Waals surface area (Å²) < 4.78 is 77.5. The van der Waals surface area contributed by atoms with Gasteiger partial charge >= 0.3 is 38.2 Å². The van der Waals surface area contributed by atoms with Crippen molar-refractivity contribution in [3.8, 4) is 0 Å². The van der Waals surface area contributed by atoms with Crippen LogP contribution in [0.25, 0.3) is 0 Å². The molecule has 6 rings (SSSR count). The minimum absolute atomic E-state index is 0.0179. The number of aliphatic hydroxyl groups excluding tert-OH is 1. The van der Waals surface area contributed by atoms with Gasteiger partial charge in [-0.15, -0.1) is 0 Å². The smallest absolute Gasteiger partial charge is 0.330 e. The number of H-pyrrole nitrogens is 3. The number of nitrogens with one attached hydrogen (secondary N) is 3. The van der Waals surface area contributed by atoms with Crippen LogP contribution in [0.4, 0.5) is 0 Å². The van der Waals surface area contributed by atoms with Crippen LogP contribution in [0.2, 0.25) is 0 Å². The number of esters is 1. The second-order valence-electron chi connectivity index (χ2n) is 14.8. The molecule has 3 aliphatic heterocycles. The molecule has 3 aromatic heterocycles. The highest BCUT2D eigenvalue weighted by molar-refractivity contribution is 7.53. The first-order chi connectivity index (χ1) is 28.1. The number of carbonyl (C=O) groups is 1. The molecule has 60 heavy (non-hydrogen) atoms.